The van der Waals surface area contributed by atoms with Crippen LogP contribution >= 0.6 is 0 Å². The van der Waals surface area contributed by atoms with E-state index in [4.69, 9.17) is 0 Å². The molecule has 0 spiro atoms. The number of amides is 1. The topological polar surface area (TPSA) is 72.7 Å². The van der Waals surface area contributed by atoms with Crippen LogP contribution in [0.2, 0.25) is 0 Å². The summed E-state index contributed by atoms with van der Waals surface area (Å²) in [6.45, 7) is 2.48. The Morgan fingerprint density at radius 3 is 2.65 bits per heavy atom. The number of rotatable bonds is 4. The molecule has 0 saturated heterocycles. The summed E-state index contributed by atoms with van der Waals surface area (Å²) in [6.07, 6.45) is 3.42. The minimum atomic E-state index is -0.246. The average molecular weight is 343 g/mol. The van der Waals surface area contributed by atoms with E-state index in [1.54, 1.807) is 19.2 Å². The van der Waals surface area contributed by atoms with Crippen LogP contribution in [0.15, 0.2) is 67.1 Å². The van der Waals surface area contributed by atoms with Gasteiger partial charge in [-0.1, -0.05) is 24.3 Å². The Kier molecular flexibility index (Phi) is 4.15. The van der Waals surface area contributed by atoms with Gasteiger partial charge in [0.05, 0.1) is 17.4 Å². The number of carbonyl (C=O) groups is 1. The molecule has 4 aromatic rings. The molecule has 0 fully saturated rings. The summed E-state index contributed by atoms with van der Waals surface area (Å²) in [5.41, 5.74) is 4.29. The zero-order valence-electron chi connectivity index (χ0n) is 14.3. The van der Waals surface area contributed by atoms with Crippen molar-refractivity contribution in [2.75, 3.05) is 5.32 Å². The Balaban J connectivity index is 1.47. The molecule has 0 aliphatic heterocycles. The fraction of sp³-hybridized carbons (Fsp3) is 0.100. The van der Waals surface area contributed by atoms with Gasteiger partial charge in [0.1, 0.15) is 11.5 Å². The number of anilines is 1. The van der Waals surface area contributed by atoms with Crippen molar-refractivity contribution in [3.8, 4) is 0 Å². The molecule has 0 saturated carbocycles. The monoisotopic (exact) mass is 343 g/mol. The van der Waals surface area contributed by atoms with E-state index in [0.717, 1.165) is 28.8 Å². The van der Waals surface area contributed by atoms with Crippen LogP contribution in [-0.4, -0.2) is 25.4 Å². The van der Waals surface area contributed by atoms with Gasteiger partial charge in [0.25, 0.3) is 5.91 Å². The van der Waals surface area contributed by atoms with Gasteiger partial charge >= 0.3 is 0 Å². The van der Waals surface area contributed by atoms with Crippen LogP contribution in [0.3, 0.4) is 0 Å². The number of para-hydroxylation sites is 2. The van der Waals surface area contributed by atoms with E-state index in [-0.39, 0.29) is 5.91 Å². The van der Waals surface area contributed by atoms with Crippen LogP contribution in [0, 0.1) is 6.92 Å². The van der Waals surface area contributed by atoms with E-state index in [9.17, 15) is 4.79 Å². The summed E-state index contributed by atoms with van der Waals surface area (Å²) in [7, 11) is 0. The van der Waals surface area contributed by atoms with Crippen molar-refractivity contribution >= 4 is 22.6 Å². The lowest BCUT2D eigenvalue weighted by atomic mass is 10.2. The fourth-order valence-corrected chi connectivity index (χ4v) is 2.80. The minimum absolute atomic E-state index is 0.246. The van der Waals surface area contributed by atoms with Crippen molar-refractivity contribution in [1.82, 2.24) is 19.5 Å². The second-order valence-corrected chi connectivity index (χ2v) is 6.00. The normalized spacial score (nSPS) is 10.8. The Labute approximate surface area is 150 Å². The number of hydrogen-bond donors (Lipinski definition) is 1. The second kappa shape index (κ2) is 6.76. The van der Waals surface area contributed by atoms with Gasteiger partial charge in [0.15, 0.2) is 0 Å². The lowest BCUT2D eigenvalue weighted by Gasteiger charge is -2.08. The van der Waals surface area contributed by atoms with Crippen LogP contribution in [0.4, 0.5) is 5.69 Å². The lowest BCUT2D eigenvalue weighted by molar-refractivity contribution is 0.102. The first kappa shape index (κ1) is 16.0. The first-order valence-electron chi connectivity index (χ1n) is 8.29. The maximum absolute atomic E-state index is 12.2. The van der Waals surface area contributed by atoms with Crippen molar-refractivity contribution in [1.29, 1.82) is 0 Å². The fourth-order valence-electron chi connectivity index (χ4n) is 2.80. The third-order valence-electron chi connectivity index (χ3n) is 4.10. The Morgan fingerprint density at radius 1 is 1.04 bits per heavy atom. The molecule has 0 aliphatic rings. The molecule has 6 heteroatoms. The predicted octanol–water partition coefficient (Wildman–Crippen LogP) is 3.44. The van der Waals surface area contributed by atoms with Gasteiger partial charge in [-0.15, -0.1) is 0 Å². The highest BCUT2D eigenvalue weighted by Gasteiger charge is 2.08. The highest BCUT2D eigenvalue weighted by Crippen LogP contribution is 2.16. The quantitative estimate of drug-likeness (QED) is 0.616. The summed E-state index contributed by atoms with van der Waals surface area (Å²) in [5, 5.41) is 2.85. The summed E-state index contributed by atoms with van der Waals surface area (Å²) in [5.74, 6) is 0.324. The molecule has 0 bridgehead atoms. The molecular weight excluding hydrogens is 326 g/mol. The Hall–Kier alpha value is -3.54. The highest BCUT2D eigenvalue weighted by molar-refractivity contribution is 6.02. The van der Waals surface area contributed by atoms with E-state index < -0.39 is 0 Å². The molecule has 1 amide bonds. The second-order valence-electron chi connectivity index (χ2n) is 6.00. The molecule has 6 nitrogen and oxygen atoms in total. The third-order valence-corrected chi connectivity index (χ3v) is 4.10. The molecule has 2 heterocycles. The summed E-state index contributed by atoms with van der Waals surface area (Å²) in [6, 6.07) is 17.4. The predicted molar refractivity (Wildman–Crippen MR) is 100.0 cm³/mol. The highest BCUT2D eigenvalue weighted by atomic mass is 16.1. The standard InChI is InChI=1S/C20H17N5O/c1-14-21-11-10-18(23-14)20(26)24-16-8-6-15(7-9-16)12-25-13-22-17-4-2-3-5-19(17)25/h2-11,13H,12H2,1H3,(H,24,26). The van der Waals surface area contributed by atoms with Gasteiger partial charge in [-0.3, -0.25) is 4.79 Å². The number of aromatic nitrogens is 4. The first-order valence-corrected chi connectivity index (χ1v) is 8.29. The molecule has 0 aliphatic carbocycles. The van der Waals surface area contributed by atoms with Crippen molar-refractivity contribution in [3.05, 3.63) is 84.2 Å². The summed E-state index contributed by atoms with van der Waals surface area (Å²) < 4.78 is 2.10. The van der Waals surface area contributed by atoms with Gasteiger partial charge in [-0.25, -0.2) is 15.0 Å². The number of fused-ring (bicyclic) bond motifs is 1. The SMILES string of the molecule is Cc1nccc(C(=O)Nc2ccc(Cn3cnc4ccccc43)cc2)n1. The van der Waals surface area contributed by atoms with Crippen molar-refractivity contribution in [2.24, 2.45) is 0 Å². The van der Waals surface area contributed by atoms with Crippen LogP contribution in [0.1, 0.15) is 21.9 Å². The Morgan fingerprint density at radius 2 is 1.85 bits per heavy atom. The number of nitrogens with zero attached hydrogens (tertiary/aromatic N) is 4. The zero-order valence-corrected chi connectivity index (χ0v) is 14.3. The maximum Gasteiger partial charge on any atom is 0.274 e. The van der Waals surface area contributed by atoms with Gasteiger partial charge in [-0.05, 0) is 42.8 Å². The van der Waals surface area contributed by atoms with Gasteiger partial charge in [-0.2, -0.15) is 0 Å². The van der Waals surface area contributed by atoms with Gasteiger partial charge in [0.2, 0.25) is 0 Å². The molecule has 0 radical (unpaired) electrons. The molecule has 128 valence electrons. The summed E-state index contributed by atoms with van der Waals surface area (Å²) >= 11 is 0. The number of hydrogen-bond acceptors (Lipinski definition) is 4. The molecule has 2 aromatic carbocycles. The molecule has 0 unspecified atom stereocenters. The zero-order chi connectivity index (χ0) is 17.9. The number of benzene rings is 2. The molecule has 26 heavy (non-hydrogen) atoms. The maximum atomic E-state index is 12.2. The average Bonchev–Trinajstić information content (AvgIpc) is 3.06. The first-order chi connectivity index (χ1) is 12.7. The number of nitrogens with one attached hydrogen (secondary N) is 1. The smallest absolute Gasteiger partial charge is 0.274 e. The van der Waals surface area contributed by atoms with Gasteiger partial charge in [0, 0.05) is 18.4 Å². The molecule has 0 atom stereocenters. The molecular formula is C20H17N5O. The van der Waals surface area contributed by atoms with E-state index in [0.29, 0.717) is 11.5 Å². The van der Waals surface area contributed by atoms with Crippen LogP contribution in [0.25, 0.3) is 11.0 Å². The largest absolute Gasteiger partial charge is 0.326 e. The van der Waals surface area contributed by atoms with Crippen molar-refractivity contribution in [3.63, 3.8) is 0 Å². The lowest BCUT2D eigenvalue weighted by Crippen LogP contribution is -2.14. The number of imidazole rings is 1. The van der Waals surface area contributed by atoms with Crippen LogP contribution in [-0.2, 0) is 6.54 Å². The van der Waals surface area contributed by atoms with E-state index in [1.807, 2.05) is 48.8 Å². The number of carbonyl (C=O) groups excluding carboxylic acids is 1. The summed E-state index contributed by atoms with van der Waals surface area (Å²) in [4.78, 5) is 24.8. The van der Waals surface area contributed by atoms with E-state index in [2.05, 4.69) is 30.9 Å². The number of aryl methyl sites for hydroxylation is 1. The molecule has 2 aromatic heterocycles. The molecule has 1 N–H and O–H groups in total. The minimum Gasteiger partial charge on any atom is -0.326 e. The van der Waals surface area contributed by atoms with Gasteiger partial charge < -0.3 is 9.88 Å². The van der Waals surface area contributed by atoms with Crippen molar-refractivity contribution in [2.45, 2.75) is 13.5 Å². The van der Waals surface area contributed by atoms with Crippen LogP contribution < -0.4 is 5.32 Å². The van der Waals surface area contributed by atoms with Crippen molar-refractivity contribution < 1.29 is 4.79 Å². The molecule has 4 rings (SSSR count). The van der Waals surface area contributed by atoms with E-state index >= 15 is 0 Å². The van der Waals surface area contributed by atoms with E-state index in [1.165, 1.54) is 0 Å². The third kappa shape index (κ3) is 3.30. The Bertz CT molecular complexity index is 1070. The van der Waals surface area contributed by atoms with Crippen LogP contribution in [0.5, 0.6) is 0 Å².